The lowest BCUT2D eigenvalue weighted by molar-refractivity contribution is 0.0735. The smallest absolute Gasteiger partial charge is 0.345 e. The fraction of sp³-hybridized carbons (Fsp3) is 0.0714. The van der Waals surface area contributed by atoms with Gasteiger partial charge in [0.25, 0.3) is 0 Å². The van der Waals surface area contributed by atoms with Crippen molar-refractivity contribution in [1.82, 2.24) is 0 Å². The van der Waals surface area contributed by atoms with Crippen LogP contribution >= 0.6 is 39.1 Å². The summed E-state index contributed by atoms with van der Waals surface area (Å²) in [6.45, 7) is 1.89. The van der Waals surface area contributed by atoms with Gasteiger partial charge >= 0.3 is 5.97 Å². The van der Waals surface area contributed by atoms with E-state index in [9.17, 15) is 4.79 Å². The molecular weight excluding hydrogens is 351 g/mol. The van der Waals surface area contributed by atoms with E-state index in [1.807, 2.05) is 13.0 Å². The van der Waals surface area contributed by atoms with Crippen molar-refractivity contribution < 1.29 is 9.53 Å². The number of ether oxygens (including phenoxy) is 1. The largest absolute Gasteiger partial charge is 0.421 e. The Morgan fingerprint density at radius 2 is 1.79 bits per heavy atom. The molecule has 2 aromatic carbocycles. The van der Waals surface area contributed by atoms with Crippen LogP contribution in [0.1, 0.15) is 15.9 Å². The summed E-state index contributed by atoms with van der Waals surface area (Å²) >= 11 is 15.2. The van der Waals surface area contributed by atoms with Gasteiger partial charge in [0.05, 0.1) is 15.6 Å². The quantitative estimate of drug-likeness (QED) is 0.538. The summed E-state index contributed by atoms with van der Waals surface area (Å²) in [5, 5.41) is 0.710. The molecule has 0 fully saturated rings. The molecular formula is C14H9BrCl2O2. The van der Waals surface area contributed by atoms with Gasteiger partial charge in [0.2, 0.25) is 0 Å². The summed E-state index contributed by atoms with van der Waals surface area (Å²) in [6, 6.07) is 10.2. The maximum Gasteiger partial charge on any atom is 0.345 e. The highest BCUT2D eigenvalue weighted by Gasteiger charge is 2.15. The van der Waals surface area contributed by atoms with E-state index in [0.29, 0.717) is 15.8 Å². The lowest BCUT2D eigenvalue weighted by atomic mass is 10.2. The molecule has 0 aromatic heterocycles. The van der Waals surface area contributed by atoms with E-state index in [2.05, 4.69) is 15.9 Å². The van der Waals surface area contributed by atoms with Crippen LogP contribution < -0.4 is 4.74 Å². The number of benzene rings is 2. The molecule has 0 saturated carbocycles. The van der Waals surface area contributed by atoms with E-state index < -0.39 is 5.97 Å². The third kappa shape index (κ3) is 3.50. The Morgan fingerprint density at radius 3 is 2.53 bits per heavy atom. The molecule has 0 amide bonds. The molecule has 2 nitrogen and oxygen atoms in total. The summed E-state index contributed by atoms with van der Waals surface area (Å²) in [5.41, 5.74) is 1.24. The molecule has 0 saturated heterocycles. The third-order valence-electron chi connectivity index (χ3n) is 2.44. The molecule has 0 unspecified atom stereocenters. The van der Waals surface area contributed by atoms with Crippen molar-refractivity contribution in [2.75, 3.05) is 0 Å². The minimum atomic E-state index is -0.543. The zero-order valence-electron chi connectivity index (χ0n) is 9.91. The topological polar surface area (TPSA) is 26.3 Å². The summed E-state index contributed by atoms with van der Waals surface area (Å²) in [4.78, 5) is 12.1. The zero-order chi connectivity index (χ0) is 14.0. The highest BCUT2D eigenvalue weighted by atomic mass is 79.9. The van der Waals surface area contributed by atoms with Gasteiger partial charge in [-0.3, -0.25) is 0 Å². The molecule has 19 heavy (non-hydrogen) atoms. The number of hydrogen-bond acceptors (Lipinski definition) is 2. The third-order valence-corrected chi connectivity index (χ3v) is 3.57. The minimum Gasteiger partial charge on any atom is -0.421 e. The molecule has 0 radical (unpaired) electrons. The molecule has 0 aliphatic heterocycles. The van der Waals surface area contributed by atoms with E-state index in [-0.39, 0.29) is 5.56 Å². The van der Waals surface area contributed by atoms with Crippen LogP contribution in [-0.2, 0) is 0 Å². The van der Waals surface area contributed by atoms with Crippen LogP contribution in [0.4, 0.5) is 0 Å². The second-order valence-corrected chi connectivity index (χ2v) is 5.68. The normalized spacial score (nSPS) is 10.3. The molecule has 0 spiro atoms. The number of rotatable bonds is 2. The number of aryl methyl sites for hydroxylation is 1. The average molecular weight is 360 g/mol. The second kappa shape index (κ2) is 5.95. The van der Waals surface area contributed by atoms with Crippen LogP contribution in [0, 0.1) is 6.92 Å². The van der Waals surface area contributed by atoms with Crippen LogP contribution in [0.15, 0.2) is 40.9 Å². The first-order valence-corrected chi connectivity index (χ1v) is 6.95. The summed E-state index contributed by atoms with van der Waals surface area (Å²) in [6.07, 6.45) is 0. The average Bonchev–Trinajstić information content (AvgIpc) is 2.36. The molecule has 0 aliphatic rings. The number of carbonyl (C=O) groups is 1. The molecule has 0 aliphatic carbocycles. The van der Waals surface area contributed by atoms with Gasteiger partial charge in [0.1, 0.15) is 5.75 Å². The number of hydrogen-bond donors (Lipinski definition) is 0. The van der Waals surface area contributed by atoms with Crippen molar-refractivity contribution in [3.63, 3.8) is 0 Å². The predicted molar refractivity (Wildman–Crippen MR) is 80.3 cm³/mol. The van der Waals surface area contributed by atoms with E-state index in [1.165, 1.54) is 0 Å². The van der Waals surface area contributed by atoms with Crippen LogP contribution in [0.5, 0.6) is 5.75 Å². The van der Waals surface area contributed by atoms with Gasteiger partial charge in [-0.25, -0.2) is 4.79 Å². The van der Waals surface area contributed by atoms with E-state index in [1.54, 1.807) is 30.3 Å². The standard InChI is InChI=1S/C14H9BrCl2O2/c1-8-2-4-12(17)13(6-8)19-14(18)10-7-9(15)3-5-11(10)16/h2-7H,1H3. The predicted octanol–water partition coefficient (Wildman–Crippen LogP) is 5.28. The Hall–Kier alpha value is -1.03. The van der Waals surface area contributed by atoms with Gasteiger partial charge in [0.15, 0.2) is 0 Å². The molecule has 5 heteroatoms. The number of carbonyl (C=O) groups excluding carboxylic acids is 1. The van der Waals surface area contributed by atoms with Crippen molar-refractivity contribution in [2.45, 2.75) is 6.92 Å². The van der Waals surface area contributed by atoms with Crippen molar-refractivity contribution in [2.24, 2.45) is 0 Å². The van der Waals surface area contributed by atoms with Crippen molar-refractivity contribution in [1.29, 1.82) is 0 Å². The van der Waals surface area contributed by atoms with Crippen LogP contribution in [0.25, 0.3) is 0 Å². The fourth-order valence-corrected chi connectivity index (χ4v) is 2.21. The Kier molecular flexibility index (Phi) is 4.50. The summed E-state index contributed by atoms with van der Waals surface area (Å²) in [5.74, 6) is -0.221. The summed E-state index contributed by atoms with van der Waals surface area (Å²) in [7, 11) is 0. The first-order valence-electron chi connectivity index (χ1n) is 5.41. The Labute approximate surface area is 129 Å². The minimum absolute atomic E-state index is 0.286. The van der Waals surface area contributed by atoms with Gasteiger partial charge in [0, 0.05) is 4.47 Å². The Bertz CT molecular complexity index is 641. The zero-order valence-corrected chi connectivity index (χ0v) is 13.0. The molecule has 2 rings (SSSR count). The number of esters is 1. The Balaban J connectivity index is 2.30. The molecule has 0 atom stereocenters. The van der Waals surface area contributed by atoms with E-state index in [4.69, 9.17) is 27.9 Å². The van der Waals surface area contributed by atoms with Gasteiger partial charge in [-0.2, -0.15) is 0 Å². The van der Waals surface area contributed by atoms with Crippen LogP contribution in [-0.4, -0.2) is 5.97 Å². The lowest BCUT2D eigenvalue weighted by Crippen LogP contribution is -2.09. The SMILES string of the molecule is Cc1ccc(Cl)c(OC(=O)c2cc(Br)ccc2Cl)c1. The highest BCUT2D eigenvalue weighted by Crippen LogP contribution is 2.28. The maximum absolute atomic E-state index is 12.1. The highest BCUT2D eigenvalue weighted by molar-refractivity contribution is 9.10. The van der Waals surface area contributed by atoms with Crippen LogP contribution in [0.2, 0.25) is 10.0 Å². The lowest BCUT2D eigenvalue weighted by Gasteiger charge is -2.08. The van der Waals surface area contributed by atoms with Crippen molar-refractivity contribution >= 4 is 45.1 Å². The molecule has 0 heterocycles. The molecule has 0 bridgehead atoms. The molecule has 2 aromatic rings. The summed E-state index contributed by atoms with van der Waals surface area (Å²) < 4.78 is 6.02. The van der Waals surface area contributed by atoms with Crippen molar-refractivity contribution in [3.8, 4) is 5.75 Å². The van der Waals surface area contributed by atoms with E-state index in [0.717, 1.165) is 10.0 Å². The van der Waals surface area contributed by atoms with E-state index >= 15 is 0 Å². The van der Waals surface area contributed by atoms with Gasteiger partial charge in [-0.15, -0.1) is 0 Å². The van der Waals surface area contributed by atoms with Crippen molar-refractivity contribution in [3.05, 3.63) is 62.0 Å². The van der Waals surface area contributed by atoms with Crippen LogP contribution in [0.3, 0.4) is 0 Å². The first kappa shape index (κ1) is 14.4. The molecule has 0 N–H and O–H groups in total. The fourth-order valence-electron chi connectivity index (χ4n) is 1.50. The maximum atomic E-state index is 12.1. The van der Waals surface area contributed by atoms with Gasteiger partial charge in [-0.1, -0.05) is 45.2 Å². The second-order valence-electron chi connectivity index (χ2n) is 3.95. The Morgan fingerprint density at radius 1 is 1.11 bits per heavy atom. The molecule has 98 valence electrons. The first-order chi connectivity index (χ1) is 8.97. The number of halogens is 3. The van der Waals surface area contributed by atoms with Gasteiger partial charge in [-0.05, 0) is 42.8 Å². The monoisotopic (exact) mass is 358 g/mol. The van der Waals surface area contributed by atoms with Gasteiger partial charge < -0.3 is 4.74 Å².